The van der Waals surface area contributed by atoms with Crippen LogP contribution in [-0.2, 0) is 29.1 Å². The Kier molecular flexibility index (Phi) is 5.10. The third kappa shape index (κ3) is 3.60. The van der Waals surface area contributed by atoms with E-state index in [2.05, 4.69) is 12.1 Å². The summed E-state index contributed by atoms with van der Waals surface area (Å²) in [6.45, 7) is 3.41. The monoisotopic (exact) mass is 426 g/mol. The first-order chi connectivity index (χ1) is 15.5. The molecule has 0 aromatic heterocycles. The number of carbonyl (C=O) groups excluding carboxylic acids is 2. The summed E-state index contributed by atoms with van der Waals surface area (Å²) in [4.78, 5) is 30.4. The zero-order valence-corrected chi connectivity index (χ0v) is 17.8. The van der Waals surface area contributed by atoms with Crippen molar-refractivity contribution in [3.63, 3.8) is 0 Å². The number of amides is 2. The Morgan fingerprint density at radius 3 is 2.25 bits per heavy atom. The Morgan fingerprint density at radius 1 is 0.844 bits per heavy atom. The lowest BCUT2D eigenvalue weighted by molar-refractivity contribution is -0.138. The number of imide groups is 1. The molecule has 0 spiro atoms. The van der Waals surface area contributed by atoms with Crippen LogP contribution in [0.4, 0.5) is 4.39 Å². The van der Waals surface area contributed by atoms with E-state index in [0.29, 0.717) is 29.9 Å². The summed E-state index contributed by atoms with van der Waals surface area (Å²) in [5.41, 5.74) is 5.74. The average molecular weight is 426 g/mol. The quantitative estimate of drug-likeness (QED) is 0.578. The fraction of sp³-hybridized carbons (Fsp3) is 0.185. The van der Waals surface area contributed by atoms with Crippen LogP contribution in [0.1, 0.15) is 27.8 Å². The van der Waals surface area contributed by atoms with E-state index in [1.165, 1.54) is 22.6 Å². The van der Waals surface area contributed by atoms with Crippen molar-refractivity contribution in [1.29, 1.82) is 0 Å². The van der Waals surface area contributed by atoms with Crippen molar-refractivity contribution in [2.45, 2.75) is 26.4 Å². The molecular formula is C27H23FN2O2. The Bertz CT molecular complexity index is 1230. The number of fused-ring (bicyclic) bond motifs is 1. The minimum Gasteiger partial charge on any atom is -0.362 e. The molecule has 0 aliphatic carbocycles. The van der Waals surface area contributed by atoms with Crippen molar-refractivity contribution in [1.82, 2.24) is 9.80 Å². The van der Waals surface area contributed by atoms with Crippen LogP contribution < -0.4 is 0 Å². The van der Waals surface area contributed by atoms with E-state index in [9.17, 15) is 14.0 Å². The van der Waals surface area contributed by atoms with Crippen LogP contribution in [0.3, 0.4) is 0 Å². The number of rotatable bonds is 4. The molecular weight excluding hydrogens is 403 g/mol. The molecule has 0 bridgehead atoms. The molecule has 2 aliphatic heterocycles. The minimum absolute atomic E-state index is 0.205. The van der Waals surface area contributed by atoms with Gasteiger partial charge in [-0.3, -0.25) is 14.5 Å². The highest BCUT2D eigenvalue weighted by Crippen LogP contribution is 2.35. The van der Waals surface area contributed by atoms with Crippen molar-refractivity contribution < 1.29 is 14.0 Å². The van der Waals surface area contributed by atoms with Gasteiger partial charge in [0.05, 0.1) is 12.1 Å². The Morgan fingerprint density at radius 2 is 1.53 bits per heavy atom. The molecule has 0 radical (unpaired) electrons. The average Bonchev–Trinajstić information content (AvgIpc) is 3.05. The van der Waals surface area contributed by atoms with E-state index in [4.69, 9.17) is 0 Å². The van der Waals surface area contributed by atoms with Crippen molar-refractivity contribution in [2.24, 2.45) is 0 Å². The Balaban J connectivity index is 1.54. The van der Waals surface area contributed by atoms with Gasteiger partial charge >= 0.3 is 0 Å². The van der Waals surface area contributed by atoms with Crippen LogP contribution >= 0.6 is 0 Å². The predicted molar refractivity (Wildman–Crippen MR) is 121 cm³/mol. The number of hydrogen-bond acceptors (Lipinski definition) is 3. The molecule has 0 fully saturated rings. The molecule has 0 saturated heterocycles. The number of nitrogens with zero attached hydrogens (tertiary/aromatic N) is 2. The Labute approximate surface area is 186 Å². The molecule has 0 saturated carbocycles. The summed E-state index contributed by atoms with van der Waals surface area (Å²) in [6, 6.07) is 21.8. The second-order valence-electron chi connectivity index (χ2n) is 8.35. The lowest BCUT2D eigenvalue weighted by atomic mass is 9.98. The van der Waals surface area contributed by atoms with Crippen LogP contribution in [0.25, 0.3) is 5.57 Å². The van der Waals surface area contributed by atoms with E-state index >= 15 is 0 Å². The van der Waals surface area contributed by atoms with E-state index in [1.54, 1.807) is 12.1 Å². The normalized spacial score (nSPS) is 16.1. The molecule has 0 unspecified atom stereocenters. The van der Waals surface area contributed by atoms with Gasteiger partial charge in [0, 0.05) is 13.1 Å². The van der Waals surface area contributed by atoms with Gasteiger partial charge in [-0.05, 0) is 47.7 Å². The molecule has 3 aromatic rings. The number of halogens is 1. The minimum atomic E-state index is -0.379. The fourth-order valence-corrected chi connectivity index (χ4v) is 4.44. The highest BCUT2D eigenvalue weighted by molar-refractivity contribution is 6.35. The summed E-state index contributed by atoms with van der Waals surface area (Å²) in [7, 11) is 0. The van der Waals surface area contributed by atoms with Crippen molar-refractivity contribution in [3.05, 3.63) is 112 Å². The molecule has 4 nitrogen and oxygen atoms in total. The smallest absolute Gasteiger partial charge is 0.278 e. The number of carbonyl (C=O) groups is 2. The first kappa shape index (κ1) is 20.2. The Hall–Kier alpha value is -3.73. The van der Waals surface area contributed by atoms with E-state index < -0.39 is 0 Å². The van der Waals surface area contributed by atoms with Gasteiger partial charge in [-0.15, -0.1) is 0 Å². The molecule has 5 rings (SSSR count). The maximum atomic E-state index is 13.6. The van der Waals surface area contributed by atoms with Gasteiger partial charge in [0.1, 0.15) is 11.5 Å². The van der Waals surface area contributed by atoms with Gasteiger partial charge in [-0.2, -0.15) is 0 Å². The zero-order chi connectivity index (χ0) is 22.2. The predicted octanol–water partition coefficient (Wildman–Crippen LogP) is 4.47. The second-order valence-corrected chi connectivity index (χ2v) is 8.35. The van der Waals surface area contributed by atoms with Crippen LogP contribution in [0, 0.1) is 12.7 Å². The first-order valence-electron chi connectivity index (χ1n) is 10.7. The number of aryl methyl sites for hydroxylation is 1. The first-order valence-corrected chi connectivity index (χ1v) is 10.7. The van der Waals surface area contributed by atoms with Crippen LogP contribution in [0.5, 0.6) is 0 Å². The lowest BCUT2D eigenvalue weighted by Gasteiger charge is -2.31. The van der Waals surface area contributed by atoms with Crippen molar-refractivity contribution in [2.75, 3.05) is 6.54 Å². The van der Waals surface area contributed by atoms with E-state index in [0.717, 1.165) is 23.1 Å². The fourth-order valence-electron chi connectivity index (χ4n) is 4.44. The molecule has 3 aromatic carbocycles. The third-order valence-corrected chi connectivity index (χ3v) is 6.18. The second kappa shape index (κ2) is 8.08. The van der Waals surface area contributed by atoms with Crippen LogP contribution in [0.2, 0.25) is 0 Å². The molecule has 5 heteroatoms. The van der Waals surface area contributed by atoms with Gasteiger partial charge in [0.2, 0.25) is 0 Å². The number of benzene rings is 3. The van der Waals surface area contributed by atoms with Gasteiger partial charge in [0.15, 0.2) is 0 Å². The van der Waals surface area contributed by atoms with Gasteiger partial charge in [-0.25, -0.2) is 4.39 Å². The lowest BCUT2D eigenvalue weighted by Crippen LogP contribution is -2.37. The van der Waals surface area contributed by atoms with Crippen LogP contribution in [0.15, 0.2) is 78.5 Å². The highest BCUT2D eigenvalue weighted by Gasteiger charge is 2.42. The van der Waals surface area contributed by atoms with Crippen molar-refractivity contribution >= 4 is 17.4 Å². The maximum Gasteiger partial charge on any atom is 0.278 e. The highest BCUT2D eigenvalue weighted by atomic mass is 19.1. The van der Waals surface area contributed by atoms with Gasteiger partial charge < -0.3 is 4.90 Å². The molecule has 2 aliphatic rings. The standard InChI is InChI=1S/C27H23FN2O2/c1-18-6-8-19(9-7-18)16-30-26(31)24(21-10-12-23(28)13-11-21)25(27(30)32)29-15-14-20-4-2-3-5-22(20)17-29/h2-13H,14-17H2,1H3. The molecule has 0 atom stereocenters. The van der Waals surface area contributed by atoms with Crippen LogP contribution in [-0.4, -0.2) is 28.2 Å². The molecule has 2 heterocycles. The van der Waals surface area contributed by atoms with E-state index in [1.807, 2.05) is 48.2 Å². The summed E-state index contributed by atoms with van der Waals surface area (Å²) in [5, 5.41) is 0. The maximum absolute atomic E-state index is 13.6. The molecule has 160 valence electrons. The summed E-state index contributed by atoms with van der Waals surface area (Å²) < 4.78 is 13.6. The SMILES string of the molecule is Cc1ccc(CN2C(=O)C(c3ccc(F)cc3)=C(N3CCc4ccccc4C3)C2=O)cc1. The summed E-state index contributed by atoms with van der Waals surface area (Å²) in [5.74, 6) is -1.01. The molecule has 2 amide bonds. The topological polar surface area (TPSA) is 40.6 Å². The largest absolute Gasteiger partial charge is 0.362 e. The van der Waals surface area contributed by atoms with Gasteiger partial charge in [-0.1, -0.05) is 66.2 Å². The zero-order valence-electron chi connectivity index (χ0n) is 17.8. The summed E-state index contributed by atoms with van der Waals surface area (Å²) >= 11 is 0. The summed E-state index contributed by atoms with van der Waals surface area (Å²) in [6.07, 6.45) is 0.801. The molecule has 0 N–H and O–H groups in total. The number of hydrogen-bond donors (Lipinski definition) is 0. The van der Waals surface area contributed by atoms with Gasteiger partial charge in [0.25, 0.3) is 11.8 Å². The van der Waals surface area contributed by atoms with Crippen molar-refractivity contribution in [3.8, 4) is 0 Å². The third-order valence-electron chi connectivity index (χ3n) is 6.18. The molecule has 32 heavy (non-hydrogen) atoms. The van der Waals surface area contributed by atoms with E-state index in [-0.39, 0.29) is 24.2 Å².